The molecule has 0 bridgehead atoms. The Balaban J connectivity index is 0.00000225. The van der Waals surface area contributed by atoms with Crippen molar-refractivity contribution in [3.8, 4) is 0 Å². The van der Waals surface area contributed by atoms with Gasteiger partial charge in [0, 0.05) is 24.6 Å². The summed E-state index contributed by atoms with van der Waals surface area (Å²) in [7, 11) is 0. The van der Waals surface area contributed by atoms with Crippen LogP contribution in [0.3, 0.4) is 0 Å². The highest BCUT2D eigenvalue weighted by molar-refractivity contribution is 14.0. The second-order valence-electron chi connectivity index (χ2n) is 7.30. The van der Waals surface area contributed by atoms with Crippen molar-refractivity contribution in [3.63, 3.8) is 0 Å². The quantitative estimate of drug-likeness (QED) is 0.280. The molecule has 1 spiro atoms. The summed E-state index contributed by atoms with van der Waals surface area (Å²) in [5.41, 5.74) is 6.95. The largest absolute Gasteiger partial charge is 0.370 e. The first-order chi connectivity index (χ1) is 13.1. The van der Waals surface area contributed by atoms with Crippen molar-refractivity contribution >= 4 is 59.3 Å². The molecule has 3 aliphatic rings. The summed E-state index contributed by atoms with van der Waals surface area (Å²) in [5.74, 6) is 2.57. The van der Waals surface area contributed by atoms with Crippen molar-refractivity contribution in [1.82, 2.24) is 10.2 Å². The molecule has 1 aliphatic carbocycles. The maximum absolute atomic E-state index is 12.9. The number of carbonyl (C=O) groups excluding carboxylic acids is 2. The molecule has 3 fully saturated rings. The molecule has 7 nitrogen and oxygen atoms in total. The van der Waals surface area contributed by atoms with Gasteiger partial charge in [-0.05, 0) is 30.5 Å². The number of imide groups is 1. The highest BCUT2D eigenvalue weighted by Crippen LogP contribution is 2.37. The summed E-state index contributed by atoms with van der Waals surface area (Å²) in [4.78, 5) is 33.3. The molecule has 3 N–H and O–H groups in total. The van der Waals surface area contributed by atoms with E-state index in [4.69, 9.17) is 5.73 Å². The molecule has 1 aromatic carbocycles. The molecule has 0 radical (unpaired) electrons. The number of guanidine groups is 1. The van der Waals surface area contributed by atoms with Crippen LogP contribution < -0.4 is 16.0 Å². The van der Waals surface area contributed by atoms with Crippen molar-refractivity contribution in [2.24, 2.45) is 10.7 Å². The minimum absolute atomic E-state index is 0. The molecular formula is C19H26IN5O2S. The molecular weight excluding hydrogens is 489 g/mol. The fourth-order valence-corrected chi connectivity index (χ4v) is 4.93. The van der Waals surface area contributed by atoms with Gasteiger partial charge in [-0.15, -0.1) is 24.0 Å². The topological polar surface area (TPSA) is 91.0 Å². The molecule has 1 saturated carbocycles. The van der Waals surface area contributed by atoms with Gasteiger partial charge < -0.3 is 16.0 Å². The van der Waals surface area contributed by atoms with E-state index < -0.39 is 5.54 Å². The summed E-state index contributed by atoms with van der Waals surface area (Å²) in [6.07, 6.45) is 3.40. The van der Waals surface area contributed by atoms with Gasteiger partial charge in [0.2, 0.25) is 0 Å². The van der Waals surface area contributed by atoms with Gasteiger partial charge in [0.05, 0.1) is 12.2 Å². The summed E-state index contributed by atoms with van der Waals surface area (Å²) >= 11 is 1.93. The lowest BCUT2D eigenvalue weighted by Crippen LogP contribution is -2.44. The molecule has 0 atom stereocenters. The number of anilines is 1. The van der Waals surface area contributed by atoms with Crippen molar-refractivity contribution in [1.29, 1.82) is 0 Å². The predicted molar refractivity (Wildman–Crippen MR) is 123 cm³/mol. The van der Waals surface area contributed by atoms with E-state index in [9.17, 15) is 9.59 Å². The van der Waals surface area contributed by atoms with Gasteiger partial charge in [0.1, 0.15) is 5.54 Å². The van der Waals surface area contributed by atoms with Crippen LogP contribution in [0.25, 0.3) is 0 Å². The Morgan fingerprint density at radius 1 is 1.21 bits per heavy atom. The summed E-state index contributed by atoms with van der Waals surface area (Å²) in [6, 6.07) is 7.12. The third-order valence-electron chi connectivity index (χ3n) is 5.55. The van der Waals surface area contributed by atoms with E-state index in [1.54, 1.807) is 6.07 Å². The molecule has 152 valence electrons. The second-order valence-corrected chi connectivity index (χ2v) is 8.53. The second kappa shape index (κ2) is 8.89. The molecule has 9 heteroatoms. The summed E-state index contributed by atoms with van der Waals surface area (Å²) in [5, 5.41) is 2.92. The number of thioether (sulfide) groups is 1. The number of benzene rings is 1. The number of hydrogen-bond acceptors (Lipinski definition) is 4. The number of nitrogens with zero attached hydrogens (tertiary/aromatic N) is 3. The van der Waals surface area contributed by atoms with Gasteiger partial charge in [0.25, 0.3) is 5.91 Å². The highest BCUT2D eigenvalue weighted by Gasteiger charge is 2.52. The Morgan fingerprint density at radius 2 is 1.93 bits per heavy atom. The number of halogens is 1. The fourth-order valence-electron chi connectivity index (χ4n) is 4.03. The van der Waals surface area contributed by atoms with Crippen molar-refractivity contribution in [2.75, 3.05) is 29.5 Å². The van der Waals surface area contributed by atoms with Crippen molar-refractivity contribution in [2.45, 2.75) is 37.8 Å². The van der Waals surface area contributed by atoms with Crippen LogP contribution in [0.1, 0.15) is 31.2 Å². The van der Waals surface area contributed by atoms with Crippen LogP contribution in [0, 0.1) is 0 Å². The van der Waals surface area contributed by atoms with Gasteiger partial charge in [-0.25, -0.2) is 14.7 Å². The molecule has 0 unspecified atom stereocenters. The zero-order valence-electron chi connectivity index (χ0n) is 15.7. The van der Waals surface area contributed by atoms with E-state index in [2.05, 4.69) is 15.2 Å². The van der Waals surface area contributed by atoms with Crippen LogP contribution >= 0.6 is 35.7 Å². The minimum Gasteiger partial charge on any atom is -0.370 e. The lowest BCUT2D eigenvalue weighted by molar-refractivity contribution is -0.121. The standard InChI is InChI=1S/C19H25N5O2S.HI/c20-17(23-8-10-27-11-9-23)21-13-14-4-3-5-15(12-14)24-16(25)19(22-18(24)26)6-1-2-7-19;/h3-5,12H,1-2,6-11,13H2,(H2,20,21)(H,22,26);1H. The van der Waals surface area contributed by atoms with Gasteiger partial charge in [-0.2, -0.15) is 11.8 Å². The van der Waals surface area contributed by atoms with Crippen LogP contribution in [0.15, 0.2) is 29.3 Å². The SMILES string of the molecule is I.NC(=NCc1cccc(N2C(=O)NC3(CCCC3)C2=O)c1)N1CCSCC1. The Labute approximate surface area is 186 Å². The van der Waals surface area contributed by atoms with Crippen molar-refractivity contribution < 1.29 is 9.59 Å². The number of nitrogens with two attached hydrogens (primary N) is 1. The first-order valence-corrected chi connectivity index (χ1v) is 10.6. The predicted octanol–water partition coefficient (Wildman–Crippen LogP) is 2.54. The van der Waals surface area contributed by atoms with E-state index in [0.717, 1.165) is 55.8 Å². The lowest BCUT2D eigenvalue weighted by Gasteiger charge is -2.27. The van der Waals surface area contributed by atoms with Crippen LogP contribution in [0.2, 0.25) is 0 Å². The van der Waals surface area contributed by atoms with Crippen LogP contribution in [0.4, 0.5) is 10.5 Å². The van der Waals surface area contributed by atoms with Gasteiger partial charge in [-0.3, -0.25) is 4.79 Å². The minimum atomic E-state index is -0.693. The zero-order chi connectivity index (χ0) is 18.9. The number of carbonyl (C=O) groups is 2. The number of urea groups is 1. The van der Waals surface area contributed by atoms with E-state index in [-0.39, 0.29) is 35.9 Å². The molecule has 1 aromatic rings. The number of amides is 3. The molecule has 2 aliphatic heterocycles. The maximum atomic E-state index is 12.9. The Kier molecular flexibility index (Phi) is 6.74. The monoisotopic (exact) mass is 515 g/mol. The molecule has 2 saturated heterocycles. The van der Waals surface area contributed by atoms with Crippen LogP contribution in [0.5, 0.6) is 0 Å². The van der Waals surface area contributed by atoms with Gasteiger partial charge in [-0.1, -0.05) is 25.0 Å². The third-order valence-corrected chi connectivity index (χ3v) is 6.49. The number of nitrogens with one attached hydrogen (secondary N) is 1. The fraction of sp³-hybridized carbons (Fsp3) is 0.526. The number of hydrogen-bond donors (Lipinski definition) is 2. The van der Waals surface area contributed by atoms with Crippen molar-refractivity contribution in [3.05, 3.63) is 29.8 Å². The number of aliphatic imine (C=N–C) groups is 1. The molecule has 3 amide bonds. The van der Waals surface area contributed by atoms with Crippen LogP contribution in [-0.2, 0) is 11.3 Å². The maximum Gasteiger partial charge on any atom is 0.329 e. The average molecular weight is 515 g/mol. The highest BCUT2D eigenvalue weighted by atomic mass is 127. The first-order valence-electron chi connectivity index (χ1n) is 9.47. The Bertz CT molecular complexity index is 775. The zero-order valence-corrected chi connectivity index (χ0v) is 18.9. The first kappa shape index (κ1) is 21.2. The third kappa shape index (κ3) is 4.10. The van der Waals surface area contributed by atoms with E-state index >= 15 is 0 Å². The molecule has 2 heterocycles. The molecule has 0 aromatic heterocycles. The van der Waals surface area contributed by atoms with E-state index in [1.807, 2.05) is 30.0 Å². The lowest BCUT2D eigenvalue weighted by atomic mass is 9.98. The van der Waals surface area contributed by atoms with E-state index in [0.29, 0.717) is 18.2 Å². The Morgan fingerprint density at radius 3 is 2.64 bits per heavy atom. The van der Waals surface area contributed by atoms with Gasteiger partial charge >= 0.3 is 6.03 Å². The molecule has 4 rings (SSSR count). The normalized spacial score (nSPS) is 21.8. The van der Waals surface area contributed by atoms with E-state index in [1.165, 1.54) is 4.90 Å². The number of rotatable bonds is 3. The van der Waals surface area contributed by atoms with Crippen LogP contribution in [-0.4, -0.2) is 52.9 Å². The smallest absolute Gasteiger partial charge is 0.329 e. The van der Waals surface area contributed by atoms with Gasteiger partial charge in [0.15, 0.2) is 5.96 Å². The Hall–Kier alpha value is -1.49. The summed E-state index contributed by atoms with van der Waals surface area (Å²) < 4.78 is 0. The summed E-state index contributed by atoms with van der Waals surface area (Å²) in [6.45, 7) is 2.27. The average Bonchev–Trinajstić information content (AvgIpc) is 3.25. The molecule has 28 heavy (non-hydrogen) atoms.